The Labute approximate surface area is 118 Å². The maximum Gasteiger partial charge on any atom is 0.401 e. The first-order valence-electron chi connectivity index (χ1n) is 5.92. The molecule has 0 saturated heterocycles. The van der Waals surface area contributed by atoms with Crippen molar-refractivity contribution in [1.29, 1.82) is 0 Å². The van der Waals surface area contributed by atoms with Crippen molar-refractivity contribution in [3.8, 4) is 0 Å². The molecule has 0 aliphatic rings. The third-order valence-corrected chi connectivity index (χ3v) is 2.30. The summed E-state index contributed by atoms with van der Waals surface area (Å²) in [5, 5.41) is 7.88. The molecule has 0 aliphatic carbocycles. The zero-order valence-electron chi connectivity index (χ0n) is 11.5. The van der Waals surface area contributed by atoms with Gasteiger partial charge in [-0.25, -0.2) is 0 Å². The molecule has 7 nitrogen and oxygen atoms in total. The van der Waals surface area contributed by atoms with Crippen LogP contribution >= 0.6 is 0 Å². The van der Waals surface area contributed by atoms with E-state index in [0.717, 1.165) is 4.90 Å². The van der Waals surface area contributed by atoms with Gasteiger partial charge in [-0.1, -0.05) is 5.16 Å². The van der Waals surface area contributed by atoms with E-state index in [1.54, 1.807) is 6.92 Å². The Hall–Kier alpha value is -2.10. The Balaban J connectivity index is 2.32. The van der Waals surface area contributed by atoms with Crippen LogP contribution in [0.3, 0.4) is 0 Å². The molecule has 0 bridgehead atoms. The Kier molecular flexibility index (Phi) is 5.70. The number of amides is 2. The third-order valence-electron chi connectivity index (χ3n) is 2.30. The normalized spacial score (nSPS) is 11.3. The SMILES string of the molecule is Cc1cc(NC(=O)CN(C)C(=O)CNCC(F)(F)F)no1. The second kappa shape index (κ2) is 7.07. The number of carbonyl (C=O) groups is 2. The van der Waals surface area contributed by atoms with E-state index < -0.39 is 31.1 Å². The Morgan fingerprint density at radius 1 is 1.43 bits per heavy atom. The van der Waals surface area contributed by atoms with Gasteiger partial charge in [-0.15, -0.1) is 0 Å². The fourth-order valence-corrected chi connectivity index (χ4v) is 1.36. The summed E-state index contributed by atoms with van der Waals surface area (Å²) in [4.78, 5) is 24.1. The Morgan fingerprint density at radius 2 is 2.10 bits per heavy atom. The molecule has 1 rings (SSSR count). The van der Waals surface area contributed by atoms with Crippen molar-refractivity contribution in [1.82, 2.24) is 15.4 Å². The largest absolute Gasteiger partial charge is 0.401 e. The fourth-order valence-electron chi connectivity index (χ4n) is 1.36. The smallest absolute Gasteiger partial charge is 0.360 e. The summed E-state index contributed by atoms with van der Waals surface area (Å²) >= 11 is 0. The van der Waals surface area contributed by atoms with Gasteiger partial charge in [-0.2, -0.15) is 13.2 Å². The van der Waals surface area contributed by atoms with Crippen molar-refractivity contribution in [3.05, 3.63) is 11.8 Å². The first-order chi connectivity index (χ1) is 9.67. The minimum atomic E-state index is -4.39. The van der Waals surface area contributed by atoms with Crippen LogP contribution in [0.5, 0.6) is 0 Å². The van der Waals surface area contributed by atoms with Gasteiger partial charge in [0.05, 0.1) is 19.6 Å². The minimum absolute atomic E-state index is 0.202. The van der Waals surface area contributed by atoms with Crippen LogP contribution in [0.4, 0.5) is 19.0 Å². The number of hydrogen-bond acceptors (Lipinski definition) is 5. The van der Waals surface area contributed by atoms with Gasteiger partial charge in [0.1, 0.15) is 5.76 Å². The summed E-state index contributed by atoms with van der Waals surface area (Å²) in [6, 6.07) is 1.49. The molecule has 0 spiro atoms. The number of nitrogens with zero attached hydrogens (tertiary/aromatic N) is 2. The summed E-state index contributed by atoms with van der Waals surface area (Å²) in [5.74, 6) is -0.458. The third kappa shape index (κ3) is 6.75. The number of halogens is 3. The zero-order chi connectivity index (χ0) is 16.0. The molecule has 0 aliphatic heterocycles. The average molecular weight is 308 g/mol. The first-order valence-corrected chi connectivity index (χ1v) is 5.92. The quantitative estimate of drug-likeness (QED) is 0.800. The molecular formula is C11H15F3N4O3. The number of aryl methyl sites for hydroxylation is 1. The van der Waals surface area contributed by atoms with E-state index in [0.29, 0.717) is 5.76 Å². The van der Waals surface area contributed by atoms with Crippen LogP contribution in [0, 0.1) is 6.92 Å². The number of hydrogen-bond donors (Lipinski definition) is 2. The lowest BCUT2D eigenvalue weighted by molar-refractivity contribution is -0.135. The highest BCUT2D eigenvalue weighted by Crippen LogP contribution is 2.11. The van der Waals surface area contributed by atoms with Gasteiger partial charge in [0, 0.05) is 13.1 Å². The molecule has 0 unspecified atom stereocenters. The molecule has 2 N–H and O–H groups in total. The predicted molar refractivity (Wildman–Crippen MR) is 66.4 cm³/mol. The Morgan fingerprint density at radius 3 is 2.62 bits per heavy atom. The average Bonchev–Trinajstić information content (AvgIpc) is 2.72. The molecule has 0 saturated carbocycles. The Bertz CT molecular complexity index is 501. The van der Waals surface area contributed by atoms with Gasteiger partial charge in [-0.05, 0) is 6.92 Å². The van der Waals surface area contributed by atoms with Crippen molar-refractivity contribution >= 4 is 17.6 Å². The highest BCUT2D eigenvalue weighted by atomic mass is 19.4. The summed E-state index contributed by atoms with van der Waals surface area (Å²) in [7, 11) is 1.31. The molecule has 0 aromatic carbocycles. The molecule has 1 aromatic heterocycles. The number of carbonyl (C=O) groups excluding carboxylic acids is 2. The van der Waals surface area contributed by atoms with Crippen LogP contribution in [-0.4, -0.2) is 54.7 Å². The zero-order valence-corrected chi connectivity index (χ0v) is 11.5. The fraction of sp³-hybridized carbons (Fsp3) is 0.545. The van der Waals surface area contributed by atoms with E-state index in [9.17, 15) is 22.8 Å². The van der Waals surface area contributed by atoms with Gasteiger partial charge in [0.25, 0.3) is 0 Å². The molecule has 21 heavy (non-hydrogen) atoms. The van der Waals surface area contributed by atoms with Crippen LogP contribution in [0.15, 0.2) is 10.6 Å². The van der Waals surface area contributed by atoms with Crippen molar-refractivity contribution in [2.24, 2.45) is 0 Å². The van der Waals surface area contributed by atoms with E-state index in [-0.39, 0.29) is 12.4 Å². The molecule has 118 valence electrons. The van der Waals surface area contributed by atoms with Gasteiger partial charge in [-0.3, -0.25) is 9.59 Å². The van der Waals surface area contributed by atoms with Crippen LogP contribution in [-0.2, 0) is 9.59 Å². The lowest BCUT2D eigenvalue weighted by Crippen LogP contribution is -2.42. The number of likely N-dealkylation sites (N-methyl/N-ethyl adjacent to an activating group) is 1. The molecular weight excluding hydrogens is 293 g/mol. The van der Waals surface area contributed by atoms with Crippen LogP contribution < -0.4 is 10.6 Å². The number of aromatic nitrogens is 1. The molecule has 1 aromatic rings. The van der Waals surface area contributed by atoms with Gasteiger partial charge in [0.15, 0.2) is 5.82 Å². The number of nitrogens with one attached hydrogen (secondary N) is 2. The summed E-state index contributed by atoms with van der Waals surface area (Å²) in [5.41, 5.74) is 0. The van der Waals surface area contributed by atoms with Crippen LogP contribution in [0.25, 0.3) is 0 Å². The highest BCUT2D eigenvalue weighted by Gasteiger charge is 2.27. The van der Waals surface area contributed by atoms with Gasteiger partial charge < -0.3 is 20.1 Å². The number of rotatable bonds is 6. The van der Waals surface area contributed by atoms with Gasteiger partial charge >= 0.3 is 6.18 Å². The standard InChI is InChI=1S/C11H15F3N4O3/c1-7-3-8(17-21-7)16-9(19)5-18(2)10(20)4-15-6-11(12,13)14/h3,15H,4-6H2,1-2H3,(H,16,17,19). The van der Waals surface area contributed by atoms with E-state index in [1.165, 1.54) is 13.1 Å². The van der Waals surface area contributed by atoms with E-state index in [4.69, 9.17) is 4.52 Å². The van der Waals surface area contributed by atoms with E-state index in [1.807, 2.05) is 5.32 Å². The van der Waals surface area contributed by atoms with Crippen molar-refractivity contribution in [3.63, 3.8) is 0 Å². The van der Waals surface area contributed by atoms with Crippen LogP contribution in [0.1, 0.15) is 5.76 Å². The maximum atomic E-state index is 11.9. The molecule has 0 atom stereocenters. The molecule has 1 heterocycles. The summed E-state index contributed by atoms with van der Waals surface area (Å²) in [6.45, 7) is -0.438. The molecule has 10 heteroatoms. The van der Waals surface area contributed by atoms with E-state index >= 15 is 0 Å². The lowest BCUT2D eigenvalue weighted by atomic mass is 10.4. The predicted octanol–water partition coefficient (Wildman–Crippen LogP) is 0.532. The summed E-state index contributed by atoms with van der Waals surface area (Å²) < 4.78 is 40.4. The lowest BCUT2D eigenvalue weighted by Gasteiger charge is -2.17. The maximum absolute atomic E-state index is 11.9. The molecule has 0 radical (unpaired) electrons. The minimum Gasteiger partial charge on any atom is -0.360 e. The van der Waals surface area contributed by atoms with Crippen molar-refractivity contribution in [2.75, 3.05) is 32.0 Å². The van der Waals surface area contributed by atoms with Crippen molar-refractivity contribution in [2.45, 2.75) is 13.1 Å². The van der Waals surface area contributed by atoms with Crippen LogP contribution in [0.2, 0.25) is 0 Å². The topological polar surface area (TPSA) is 87.5 Å². The van der Waals surface area contributed by atoms with Crippen molar-refractivity contribution < 1.29 is 27.3 Å². The van der Waals surface area contributed by atoms with E-state index in [2.05, 4.69) is 10.5 Å². The second-order valence-electron chi connectivity index (χ2n) is 4.34. The molecule has 0 fully saturated rings. The van der Waals surface area contributed by atoms with Gasteiger partial charge in [0.2, 0.25) is 11.8 Å². The monoisotopic (exact) mass is 308 g/mol. The second-order valence-corrected chi connectivity index (χ2v) is 4.34. The first kappa shape index (κ1) is 17.0. The summed E-state index contributed by atoms with van der Waals surface area (Å²) in [6.07, 6.45) is -4.39. The number of anilines is 1. The molecule has 2 amide bonds. The number of alkyl halides is 3. The highest BCUT2D eigenvalue weighted by molar-refractivity contribution is 5.93.